The largest absolute Gasteiger partial charge is 0.336 e. The van der Waals surface area contributed by atoms with E-state index in [0.29, 0.717) is 6.04 Å². The van der Waals surface area contributed by atoms with Gasteiger partial charge in [-0.05, 0) is 37.5 Å². The maximum absolute atomic E-state index is 2.67. The van der Waals surface area contributed by atoms with Crippen LogP contribution in [0.1, 0.15) is 48.8 Å². The number of aryl methyl sites for hydroxylation is 1. The van der Waals surface area contributed by atoms with E-state index in [1.165, 1.54) is 53.1 Å². The van der Waals surface area contributed by atoms with Crippen molar-refractivity contribution in [2.24, 2.45) is 0 Å². The Bertz CT molecular complexity index is 840. The molecule has 1 saturated carbocycles. The molecular formula is C19H19N. The molecule has 5 rings (SSSR count). The van der Waals surface area contributed by atoms with Crippen LogP contribution in [0.2, 0.25) is 0 Å². The van der Waals surface area contributed by atoms with Gasteiger partial charge in [-0.1, -0.05) is 42.7 Å². The van der Waals surface area contributed by atoms with E-state index in [2.05, 4.69) is 47.9 Å². The predicted molar refractivity (Wildman–Crippen MR) is 84.4 cm³/mol. The second-order valence-corrected chi connectivity index (χ2v) is 6.60. The first-order chi connectivity index (χ1) is 9.84. The van der Waals surface area contributed by atoms with Gasteiger partial charge in [0.25, 0.3) is 0 Å². The van der Waals surface area contributed by atoms with E-state index in [-0.39, 0.29) is 0 Å². The quantitative estimate of drug-likeness (QED) is 0.516. The number of fused-ring (bicyclic) bond motifs is 6. The highest BCUT2D eigenvalue weighted by atomic mass is 15.1. The maximum atomic E-state index is 2.67. The normalized spacial score (nSPS) is 24.4. The Hall–Kier alpha value is -1.76. The van der Waals surface area contributed by atoms with Crippen molar-refractivity contribution < 1.29 is 0 Å². The third-order valence-corrected chi connectivity index (χ3v) is 5.44. The highest BCUT2D eigenvalue weighted by molar-refractivity contribution is 6.10. The Kier molecular flexibility index (Phi) is 2.01. The van der Waals surface area contributed by atoms with Gasteiger partial charge in [0.05, 0.1) is 5.52 Å². The molecular weight excluding hydrogens is 242 g/mol. The van der Waals surface area contributed by atoms with Crippen LogP contribution in [0.5, 0.6) is 0 Å². The Labute approximate surface area is 119 Å². The number of para-hydroxylation sites is 1. The van der Waals surface area contributed by atoms with E-state index in [0.717, 1.165) is 5.92 Å². The Balaban J connectivity index is 2.00. The van der Waals surface area contributed by atoms with Crippen LogP contribution in [0.25, 0.3) is 21.8 Å². The molecule has 1 fully saturated rings. The maximum Gasteiger partial charge on any atom is 0.0530 e. The van der Waals surface area contributed by atoms with Gasteiger partial charge >= 0.3 is 0 Å². The first kappa shape index (κ1) is 11.0. The molecule has 0 spiro atoms. The minimum Gasteiger partial charge on any atom is -0.336 e. The second-order valence-electron chi connectivity index (χ2n) is 6.60. The zero-order valence-corrected chi connectivity index (χ0v) is 11.9. The number of hydrogen-bond acceptors (Lipinski definition) is 0. The summed E-state index contributed by atoms with van der Waals surface area (Å²) in [6.45, 7) is 2.25. The highest BCUT2D eigenvalue weighted by Crippen LogP contribution is 2.52. The lowest BCUT2D eigenvalue weighted by molar-refractivity contribution is 0.336. The molecule has 2 atom stereocenters. The van der Waals surface area contributed by atoms with E-state index in [1.807, 2.05) is 0 Å². The van der Waals surface area contributed by atoms with Gasteiger partial charge in [-0.3, -0.25) is 0 Å². The molecule has 1 aromatic heterocycles. The first-order valence-electron chi connectivity index (χ1n) is 7.88. The lowest BCUT2D eigenvalue weighted by Crippen LogP contribution is -2.15. The Morgan fingerprint density at radius 3 is 2.80 bits per heavy atom. The van der Waals surface area contributed by atoms with Crippen LogP contribution in [0.4, 0.5) is 0 Å². The fourth-order valence-electron chi connectivity index (χ4n) is 4.72. The zero-order valence-electron chi connectivity index (χ0n) is 11.9. The molecule has 20 heavy (non-hydrogen) atoms. The Morgan fingerprint density at radius 1 is 1.00 bits per heavy atom. The summed E-state index contributed by atoms with van der Waals surface area (Å²) in [5, 5.41) is 2.92. The smallest absolute Gasteiger partial charge is 0.0530 e. The van der Waals surface area contributed by atoms with Crippen LogP contribution in [0, 0.1) is 6.92 Å². The van der Waals surface area contributed by atoms with Crippen molar-refractivity contribution in [1.82, 2.24) is 4.57 Å². The van der Waals surface area contributed by atoms with Crippen molar-refractivity contribution in [2.45, 2.75) is 44.6 Å². The van der Waals surface area contributed by atoms with Crippen LogP contribution in [0.15, 0.2) is 36.4 Å². The zero-order chi connectivity index (χ0) is 13.3. The van der Waals surface area contributed by atoms with Crippen molar-refractivity contribution in [1.29, 1.82) is 0 Å². The summed E-state index contributed by atoms with van der Waals surface area (Å²) >= 11 is 0. The van der Waals surface area contributed by atoms with Crippen LogP contribution in [0.3, 0.4) is 0 Å². The standard InChI is InChI=1S/C19H19N/c1-12-10-15-13-6-2-4-8-17(13)20-18-9-5-3-7-14(18)16(11-12)19(15)20/h2,4,6,8,10-11,14,18H,3,5,7,9H2,1H3. The van der Waals surface area contributed by atoms with E-state index in [9.17, 15) is 0 Å². The summed E-state index contributed by atoms with van der Waals surface area (Å²) < 4.78 is 2.67. The van der Waals surface area contributed by atoms with E-state index >= 15 is 0 Å². The average molecular weight is 261 g/mol. The van der Waals surface area contributed by atoms with Gasteiger partial charge in [-0.15, -0.1) is 0 Å². The molecule has 2 aliphatic rings. The summed E-state index contributed by atoms with van der Waals surface area (Å²) in [5.74, 6) is 0.769. The molecule has 3 aromatic rings. The monoisotopic (exact) mass is 261 g/mol. The van der Waals surface area contributed by atoms with Crippen molar-refractivity contribution in [3.63, 3.8) is 0 Å². The third kappa shape index (κ3) is 1.19. The SMILES string of the molecule is Cc1cc2c3c(c1)c1ccccc1n3C1CCCCC21. The molecule has 0 N–H and O–H groups in total. The molecule has 0 bridgehead atoms. The molecule has 2 aromatic carbocycles. The molecule has 1 heteroatoms. The number of aromatic nitrogens is 1. The molecule has 100 valence electrons. The summed E-state index contributed by atoms with van der Waals surface area (Å²) in [6.07, 6.45) is 5.52. The van der Waals surface area contributed by atoms with Crippen molar-refractivity contribution >= 4 is 21.8 Å². The molecule has 1 aliphatic heterocycles. The van der Waals surface area contributed by atoms with Gasteiger partial charge in [0, 0.05) is 28.2 Å². The van der Waals surface area contributed by atoms with Crippen molar-refractivity contribution in [3.05, 3.63) is 47.5 Å². The first-order valence-corrected chi connectivity index (χ1v) is 7.88. The fraction of sp³-hybridized carbons (Fsp3) is 0.368. The molecule has 2 unspecified atom stereocenters. The molecule has 2 heterocycles. The van der Waals surface area contributed by atoms with Crippen LogP contribution in [-0.4, -0.2) is 4.57 Å². The van der Waals surface area contributed by atoms with Crippen molar-refractivity contribution in [3.8, 4) is 0 Å². The molecule has 1 nitrogen and oxygen atoms in total. The lowest BCUT2D eigenvalue weighted by Gasteiger charge is -2.28. The van der Waals surface area contributed by atoms with E-state index < -0.39 is 0 Å². The molecule has 0 amide bonds. The van der Waals surface area contributed by atoms with Gasteiger partial charge in [-0.2, -0.15) is 0 Å². The fourth-order valence-corrected chi connectivity index (χ4v) is 4.72. The summed E-state index contributed by atoms with van der Waals surface area (Å²) in [4.78, 5) is 0. The minimum absolute atomic E-state index is 0.711. The number of benzene rings is 2. The number of hydrogen-bond donors (Lipinski definition) is 0. The van der Waals surface area contributed by atoms with Gasteiger partial charge in [0.1, 0.15) is 0 Å². The lowest BCUT2D eigenvalue weighted by atomic mass is 9.81. The predicted octanol–water partition coefficient (Wildman–Crippen LogP) is 5.32. The van der Waals surface area contributed by atoms with Crippen LogP contribution < -0.4 is 0 Å². The summed E-state index contributed by atoms with van der Waals surface area (Å²) in [7, 11) is 0. The summed E-state index contributed by atoms with van der Waals surface area (Å²) in [5.41, 5.74) is 6.03. The highest BCUT2D eigenvalue weighted by Gasteiger charge is 2.37. The van der Waals surface area contributed by atoms with Gasteiger partial charge in [0.2, 0.25) is 0 Å². The minimum atomic E-state index is 0.711. The number of rotatable bonds is 0. The van der Waals surface area contributed by atoms with E-state index in [4.69, 9.17) is 0 Å². The topological polar surface area (TPSA) is 4.93 Å². The van der Waals surface area contributed by atoms with Crippen molar-refractivity contribution in [2.75, 3.05) is 0 Å². The van der Waals surface area contributed by atoms with Crippen LogP contribution in [-0.2, 0) is 0 Å². The van der Waals surface area contributed by atoms with Gasteiger partial charge in [0.15, 0.2) is 0 Å². The average Bonchev–Trinajstić information content (AvgIpc) is 2.98. The molecule has 0 radical (unpaired) electrons. The van der Waals surface area contributed by atoms with E-state index in [1.54, 1.807) is 5.56 Å². The third-order valence-electron chi connectivity index (χ3n) is 5.44. The Morgan fingerprint density at radius 2 is 1.85 bits per heavy atom. The van der Waals surface area contributed by atoms with Crippen LogP contribution >= 0.6 is 0 Å². The number of nitrogens with zero attached hydrogens (tertiary/aromatic N) is 1. The molecule has 0 saturated heterocycles. The summed E-state index contributed by atoms with van der Waals surface area (Å²) in [6, 6.07) is 14.5. The molecule has 1 aliphatic carbocycles. The van der Waals surface area contributed by atoms with Gasteiger partial charge in [-0.25, -0.2) is 0 Å². The second kappa shape index (κ2) is 3.66. The van der Waals surface area contributed by atoms with Gasteiger partial charge < -0.3 is 4.57 Å².